The summed E-state index contributed by atoms with van der Waals surface area (Å²) in [5.74, 6) is 1.32. The van der Waals surface area contributed by atoms with E-state index in [1.807, 2.05) is 68.4 Å². The molecule has 0 aliphatic rings. The molecular weight excluding hydrogens is 388 g/mol. The number of carbonyl (C=O) groups is 1. The van der Waals surface area contributed by atoms with Crippen LogP contribution in [0, 0.1) is 13.8 Å². The minimum atomic E-state index is -0.151. The maximum Gasteiger partial charge on any atom is 0.255 e. The van der Waals surface area contributed by atoms with E-state index in [2.05, 4.69) is 29.5 Å². The van der Waals surface area contributed by atoms with Crippen molar-refractivity contribution >= 4 is 16.7 Å². The van der Waals surface area contributed by atoms with E-state index < -0.39 is 0 Å². The number of carbonyl (C=O) groups excluding carboxylic acids is 1. The molecule has 1 amide bonds. The molecule has 4 aromatic rings. The second-order valence-corrected chi connectivity index (χ2v) is 7.81. The number of benzene rings is 3. The highest BCUT2D eigenvalue weighted by Gasteiger charge is 2.17. The van der Waals surface area contributed by atoms with Gasteiger partial charge in [0, 0.05) is 6.54 Å². The van der Waals surface area contributed by atoms with Crippen molar-refractivity contribution in [3.8, 4) is 5.75 Å². The number of aryl methyl sites for hydroxylation is 2. The predicted molar refractivity (Wildman–Crippen MR) is 121 cm³/mol. The van der Waals surface area contributed by atoms with Gasteiger partial charge in [0.15, 0.2) is 0 Å². The summed E-state index contributed by atoms with van der Waals surface area (Å²) < 4.78 is 11.3. The Morgan fingerprint density at radius 1 is 1.03 bits per heavy atom. The average Bonchev–Trinajstić information content (AvgIpc) is 3.12. The van der Waals surface area contributed by atoms with Crippen molar-refractivity contribution in [1.29, 1.82) is 0 Å². The minimum Gasteiger partial charge on any atom is -0.488 e. The molecule has 0 radical (unpaired) electrons. The van der Waals surface area contributed by atoms with Gasteiger partial charge in [0.1, 0.15) is 18.1 Å². The van der Waals surface area contributed by atoms with Gasteiger partial charge in [-0.3, -0.25) is 4.79 Å². The first-order chi connectivity index (χ1) is 15.0. The molecule has 158 valence electrons. The summed E-state index contributed by atoms with van der Waals surface area (Å²) >= 11 is 0. The molecule has 1 unspecified atom stereocenters. The fourth-order valence-electron chi connectivity index (χ4n) is 3.61. The molecule has 1 atom stereocenters. The van der Waals surface area contributed by atoms with Crippen molar-refractivity contribution in [1.82, 2.24) is 10.5 Å². The fourth-order valence-corrected chi connectivity index (χ4v) is 3.61. The maximum absolute atomic E-state index is 13.1. The lowest BCUT2D eigenvalue weighted by Gasteiger charge is -2.16. The van der Waals surface area contributed by atoms with Gasteiger partial charge in [-0.1, -0.05) is 66.7 Å². The molecule has 0 fully saturated rings. The first-order valence-electron chi connectivity index (χ1n) is 10.4. The van der Waals surface area contributed by atoms with Gasteiger partial charge in [0.25, 0.3) is 5.91 Å². The molecule has 0 aliphatic heterocycles. The van der Waals surface area contributed by atoms with E-state index in [0.717, 1.165) is 27.8 Å². The fraction of sp³-hybridized carbons (Fsp3) is 0.231. The summed E-state index contributed by atoms with van der Waals surface area (Å²) in [6.45, 7) is 6.68. The highest BCUT2D eigenvalue weighted by molar-refractivity contribution is 6.01. The molecule has 3 aromatic carbocycles. The van der Waals surface area contributed by atoms with E-state index in [4.69, 9.17) is 9.26 Å². The van der Waals surface area contributed by atoms with Crippen LogP contribution in [-0.4, -0.2) is 17.6 Å². The SMILES string of the molecule is Cc1noc(C)c1COc1cc2ccccc2cc1C(=O)NCC(C)c1ccccc1. The van der Waals surface area contributed by atoms with Gasteiger partial charge in [-0.25, -0.2) is 0 Å². The van der Waals surface area contributed by atoms with Crippen molar-refractivity contribution in [2.24, 2.45) is 0 Å². The summed E-state index contributed by atoms with van der Waals surface area (Å²) in [6.07, 6.45) is 0. The number of hydrogen-bond acceptors (Lipinski definition) is 4. The van der Waals surface area contributed by atoms with Crippen LogP contribution >= 0.6 is 0 Å². The third kappa shape index (κ3) is 4.61. The number of rotatable bonds is 7. The third-order valence-electron chi connectivity index (χ3n) is 5.58. The largest absolute Gasteiger partial charge is 0.488 e. The monoisotopic (exact) mass is 414 g/mol. The van der Waals surface area contributed by atoms with Crippen LogP contribution < -0.4 is 10.1 Å². The highest BCUT2D eigenvalue weighted by Crippen LogP contribution is 2.28. The Bertz CT molecular complexity index is 1180. The molecule has 0 spiro atoms. The normalized spacial score (nSPS) is 12.0. The zero-order valence-corrected chi connectivity index (χ0v) is 18.0. The summed E-state index contributed by atoms with van der Waals surface area (Å²) in [7, 11) is 0. The van der Waals surface area contributed by atoms with Crippen molar-refractivity contribution in [2.75, 3.05) is 6.54 Å². The third-order valence-corrected chi connectivity index (χ3v) is 5.58. The van der Waals surface area contributed by atoms with Gasteiger partial charge in [0.2, 0.25) is 0 Å². The van der Waals surface area contributed by atoms with Crippen molar-refractivity contribution < 1.29 is 14.1 Å². The van der Waals surface area contributed by atoms with Crippen LogP contribution in [0.4, 0.5) is 0 Å². The molecule has 0 saturated heterocycles. The molecule has 5 heteroatoms. The Balaban J connectivity index is 1.57. The van der Waals surface area contributed by atoms with Gasteiger partial charge >= 0.3 is 0 Å². The van der Waals surface area contributed by atoms with Crippen LogP contribution in [0.5, 0.6) is 5.75 Å². The number of aromatic nitrogens is 1. The summed E-state index contributed by atoms with van der Waals surface area (Å²) in [5, 5.41) is 9.06. The second-order valence-electron chi connectivity index (χ2n) is 7.81. The molecule has 31 heavy (non-hydrogen) atoms. The van der Waals surface area contributed by atoms with Crippen LogP contribution in [0.2, 0.25) is 0 Å². The Hall–Kier alpha value is -3.60. The van der Waals surface area contributed by atoms with E-state index in [9.17, 15) is 4.79 Å². The molecule has 1 aromatic heterocycles. The number of ether oxygens (including phenoxy) is 1. The lowest BCUT2D eigenvalue weighted by atomic mass is 10.0. The van der Waals surface area contributed by atoms with Crippen LogP contribution in [0.3, 0.4) is 0 Å². The average molecular weight is 415 g/mol. The van der Waals surface area contributed by atoms with Crippen LogP contribution in [0.15, 0.2) is 71.3 Å². The molecule has 0 bridgehead atoms. The van der Waals surface area contributed by atoms with E-state index in [0.29, 0.717) is 24.5 Å². The first kappa shape index (κ1) is 20.7. The lowest BCUT2D eigenvalue weighted by Crippen LogP contribution is -2.28. The number of fused-ring (bicyclic) bond motifs is 1. The molecule has 1 N–H and O–H groups in total. The molecule has 5 nitrogen and oxygen atoms in total. The Morgan fingerprint density at radius 2 is 1.71 bits per heavy atom. The summed E-state index contributed by atoms with van der Waals surface area (Å²) in [5.41, 5.74) is 3.40. The molecule has 4 rings (SSSR count). The van der Waals surface area contributed by atoms with Gasteiger partial charge in [-0.05, 0) is 48.2 Å². The standard InChI is InChI=1S/C26H26N2O3/c1-17(20-9-5-4-6-10-20)15-27-26(29)23-13-21-11-7-8-12-22(21)14-25(23)30-16-24-18(2)28-31-19(24)3/h4-14,17H,15-16H2,1-3H3,(H,27,29). The smallest absolute Gasteiger partial charge is 0.255 e. The van der Waals surface area contributed by atoms with Gasteiger partial charge in [-0.15, -0.1) is 0 Å². The molecule has 0 aliphatic carbocycles. The Kier molecular flexibility index (Phi) is 6.03. The quantitative estimate of drug-likeness (QED) is 0.430. The second kappa shape index (κ2) is 9.04. The topological polar surface area (TPSA) is 64.4 Å². The number of nitrogens with zero attached hydrogens (tertiary/aromatic N) is 1. The van der Waals surface area contributed by atoms with E-state index in [1.165, 1.54) is 5.56 Å². The van der Waals surface area contributed by atoms with Crippen molar-refractivity contribution in [3.05, 3.63) is 94.9 Å². The zero-order chi connectivity index (χ0) is 21.8. The summed E-state index contributed by atoms with van der Waals surface area (Å²) in [6, 6.07) is 21.9. The number of amides is 1. The van der Waals surface area contributed by atoms with Gasteiger partial charge in [-0.2, -0.15) is 0 Å². The Labute approximate surface area is 182 Å². The van der Waals surface area contributed by atoms with Crippen molar-refractivity contribution in [2.45, 2.75) is 33.3 Å². The molecule has 0 saturated carbocycles. The summed E-state index contributed by atoms with van der Waals surface area (Å²) in [4.78, 5) is 13.1. The van der Waals surface area contributed by atoms with Crippen LogP contribution in [0.1, 0.15) is 45.8 Å². The van der Waals surface area contributed by atoms with Crippen LogP contribution in [0.25, 0.3) is 10.8 Å². The van der Waals surface area contributed by atoms with E-state index in [1.54, 1.807) is 0 Å². The van der Waals surface area contributed by atoms with E-state index >= 15 is 0 Å². The highest BCUT2D eigenvalue weighted by atomic mass is 16.5. The maximum atomic E-state index is 13.1. The zero-order valence-electron chi connectivity index (χ0n) is 18.0. The molecular formula is C26H26N2O3. The number of nitrogens with one attached hydrogen (secondary N) is 1. The van der Waals surface area contributed by atoms with Crippen LogP contribution in [-0.2, 0) is 6.61 Å². The Morgan fingerprint density at radius 3 is 2.39 bits per heavy atom. The van der Waals surface area contributed by atoms with E-state index in [-0.39, 0.29) is 11.8 Å². The van der Waals surface area contributed by atoms with Crippen molar-refractivity contribution in [3.63, 3.8) is 0 Å². The molecule has 1 heterocycles. The van der Waals surface area contributed by atoms with Gasteiger partial charge in [0.05, 0.1) is 16.8 Å². The lowest BCUT2D eigenvalue weighted by molar-refractivity contribution is 0.0947. The predicted octanol–water partition coefficient (Wildman–Crippen LogP) is 5.56. The number of hydrogen-bond donors (Lipinski definition) is 1. The van der Waals surface area contributed by atoms with Gasteiger partial charge < -0.3 is 14.6 Å². The first-order valence-corrected chi connectivity index (χ1v) is 10.4. The minimum absolute atomic E-state index is 0.151.